The van der Waals surface area contributed by atoms with Crippen LogP contribution in [0.1, 0.15) is 36.6 Å². The summed E-state index contributed by atoms with van der Waals surface area (Å²) in [5.74, 6) is 1.06. The lowest BCUT2D eigenvalue weighted by Crippen LogP contribution is -2.19. The van der Waals surface area contributed by atoms with E-state index in [1.54, 1.807) is 13.1 Å². The number of hydrogen-bond donors (Lipinski definition) is 3. The van der Waals surface area contributed by atoms with E-state index < -0.39 is 0 Å². The summed E-state index contributed by atoms with van der Waals surface area (Å²) in [6, 6.07) is 7.61. The highest BCUT2D eigenvalue weighted by Gasteiger charge is 2.06. The maximum absolute atomic E-state index is 11.9. The summed E-state index contributed by atoms with van der Waals surface area (Å²) in [6.07, 6.45) is 4.02. The van der Waals surface area contributed by atoms with Crippen LogP contribution in [-0.2, 0) is 6.42 Å². The second-order valence-corrected chi connectivity index (χ2v) is 5.60. The monoisotopic (exact) mass is 344 g/mol. The van der Waals surface area contributed by atoms with Gasteiger partial charge in [-0.3, -0.25) is 9.78 Å². The maximum atomic E-state index is 11.9. The molecule has 0 saturated heterocycles. The Hall–Kier alpha value is -2.67. The zero-order valence-electron chi connectivity index (χ0n) is 14.6. The van der Waals surface area contributed by atoms with E-state index >= 15 is 0 Å². The first-order chi connectivity index (χ1) is 12.1. The second-order valence-electron chi connectivity index (χ2n) is 5.60. The molecule has 0 fully saturated rings. The Bertz CT molecular complexity index is 771. The van der Waals surface area contributed by atoms with Crippen LogP contribution in [0, 0.1) is 6.92 Å². The molecular weight excluding hydrogens is 320 g/mol. The van der Waals surface area contributed by atoms with Crippen molar-refractivity contribution in [2.45, 2.75) is 33.1 Å². The van der Waals surface area contributed by atoms with Gasteiger partial charge < -0.3 is 9.84 Å². The molecule has 0 amide bonds. The van der Waals surface area contributed by atoms with Crippen LogP contribution in [0.15, 0.2) is 34.2 Å². The van der Waals surface area contributed by atoms with E-state index in [-0.39, 0.29) is 24.5 Å². The topological polar surface area (TPSA) is 99.6 Å². The van der Waals surface area contributed by atoms with Gasteiger partial charge in [0.2, 0.25) is 5.95 Å². The highest BCUT2D eigenvalue weighted by molar-refractivity contribution is 5.80. The van der Waals surface area contributed by atoms with Crippen molar-refractivity contribution in [1.29, 1.82) is 0 Å². The number of aliphatic hydroxyl groups is 1. The third kappa shape index (κ3) is 5.72. The van der Waals surface area contributed by atoms with E-state index in [9.17, 15) is 4.79 Å². The van der Waals surface area contributed by atoms with Crippen molar-refractivity contribution >= 4 is 12.2 Å². The van der Waals surface area contributed by atoms with E-state index in [0.29, 0.717) is 17.9 Å². The fourth-order valence-electron chi connectivity index (χ4n) is 2.26. The van der Waals surface area contributed by atoms with E-state index in [1.165, 1.54) is 0 Å². The molecule has 0 spiro atoms. The highest BCUT2D eigenvalue weighted by Crippen LogP contribution is 2.12. The normalized spacial score (nSPS) is 11.0. The van der Waals surface area contributed by atoms with Gasteiger partial charge in [-0.05, 0) is 31.0 Å². The Labute approximate surface area is 146 Å². The van der Waals surface area contributed by atoms with Gasteiger partial charge in [0.15, 0.2) is 0 Å². The summed E-state index contributed by atoms with van der Waals surface area (Å²) in [4.78, 5) is 18.8. The van der Waals surface area contributed by atoms with Gasteiger partial charge in [0, 0.05) is 18.6 Å². The zero-order valence-corrected chi connectivity index (χ0v) is 14.6. The molecule has 7 nitrogen and oxygen atoms in total. The minimum Gasteiger partial charge on any atom is -0.494 e. The van der Waals surface area contributed by atoms with Crippen molar-refractivity contribution in [2.75, 3.05) is 18.6 Å². The minimum atomic E-state index is -0.273. The maximum Gasteiger partial charge on any atom is 0.255 e. The smallest absolute Gasteiger partial charge is 0.255 e. The molecule has 0 unspecified atom stereocenters. The number of benzene rings is 1. The van der Waals surface area contributed by atoms with Gasteiger partial charge in [0.1, 0.15) is 5.75 Å². The van der Waals surface area contributed by atoms with Crippen LogP contribution in [0.5, 0.6) is 5.75 Å². The fourth-order valence-corrected chi connectivity index (χ4v) is 2.26. The molecule has 0 atom stereocenters. The Morgan fingerprint density at radius 2 is 2.28 bits per heavy atom. The molecule has 1 aromatic heterocycles. The number of H-pyrrole nitrogens is 1. The lowest BCUT2D eigenvalue weighted by molar-refractivity contribution is 0.298. The van der Waals surface area contributed by atoms with Crippen LogP contribution in [0.2, 0.25) is 0 Å². The quantitative estimate of drug-likeness (QED) is 0.368. The lowest BCUT2D eigenvalue weighted by Gasteiger charge is -2.06. The lowest BCUT2D eigenvalue weighted by atomic mass is 10.2. The van der Waals surface area contributed by atoms with E-state index in [4.69, 9.17) is 9.84 Å². The number of rotatable bonds is 9. The molecule has 0 radical (unpaired) electrons. The standard InChI is InChI=1S/C18H24N4O3/c1-3-4-10-25-15-7-5-6-14(11-15)12-19-22-18-20-13(2)16(8-9-23)17(24)21-18/h5-7,11-12,23H,3-4,8-10H2,1-2H3,(H2,20,21,22,24)/b19-12-. The van der Waals surface area contributed by atoms with Gasteiger partial charge in [0.05, 0.1) is 18.5 Å². The summed E-state index contributed by atoms with van der Waals surface area (Å²) in [7, 11) is 0. The predicted molar refractivity (Wildman–Crippen MR) is 98.4 cm³/mol. The molecule has 0 aliphatic carbocycles. The number of anilines is 1. The first-order valence-corrected chi connectivity index (χ1v) is 8.36. The zero-order chi connectivity index (χ0) is 18.1. The molecule has 0 aliphatic heterocycles. The van der Waals surface area contributed by atoms with Crippen molar-refractivity contribution in [3.05, 3.63) is 51.4 Å². The average Bonchev–Trinajstić information content (AvgIpc) is 2.59. The molecule has 3 N–H and O–H groups in total. The van der Waals surface area contributed by atoms with Crippen molar-refractivity contribution in [3.8, 4) is 5.75 Å². The Kier molecular flexibility index (Phi) is 7.16. The molecule has 7 heteroatoms. The van der Waals surface area contributed by atoms with Gasteiger partial charge in [0.25, 0.3) is 5.56 Å². The van der Waals surface area contributed by atoms with Crippen molar-refractivity contribution in [3.63, 3.8) is 0 Å². The molecule has 1 aromatic carbocycles. The summed E-state index contributed by atoms with van der Waals surface area (Å²) in [5, 5.41) is 13.1. The number of hydrazone groups is 1. The predicted octanol–water partition coefficient (Wildman–Crippen LogP) is 2.24. The summed E-state index contributed by atoms with van der Waals surface area (Å²) < 4.78 is 5.66. The SMILES string of the molecule is CCCCOc1cccc(/C=N\Nc2nc(C)c(CCO)c(=O)[nH]2)c1. The average molecular weight is 344 g/mol. The number of aryl methyl sites for hydroxylation is 1. The minimum absolute atomic E-state index is 0.0901. The molecule has 1 heterocycles. The Morgan fingerprint density at radius 3 is 3.00 bits per heavy atom. The Balaban J connectivity index is 2.01. The number of nitrogens with one attached hydrogen (secondary N) is 2. The molecule has 25 heavy (non-hydrogen) atoms. The number of unbranched alkanes of at least 4 members (excludes halogenated alkanes) is 1. The summed E-state index contributed by atoms with van der Waals surface area (Å²) in [5.41, 5.74) is 4.37. The first kappa shape index (κ1) is 18.7. The number of nitrogens with zero attached hydrogens (tertiary/aromatic N) is 2. The van der Waals surface area contributed by atoms with Crippen LogP contribution < -0.4 is 15.7 Å². The van der Waals surface area contributed by atoms with Crippen LogP contribution in [0.4, 0.5) is 5.95 Å². The van der Waals surface area contributed by atoms with Crippen LogP contribution in [0.25, 0.3) is 0 Å². The van der Waals surface area contributed by atoms with E-state index in [1.807, 2.05) is 24.3 Å². The van der Waals surface area contributed by atoms with E-state index in [2.05, 4.69) is 27.4 Å². The highest BCUT2D eigenvalue weighted by atomic mass is 16.5. The second kappa shape index (κ2) is 9.58. The number of aromatic nitrogens is 2. The number of aliphatic hydroxyl groups excluding tert-OH is 1. The van der Waals surface area contributed by atoms with E-state index in [0.717, 1.165) is 24.2 Å². The molecule has 2 aromatic rings. The first-order valence-electron chi connectivity index (χ1n) is 8.36. The van der Waals surface area contributed by atoms with Crippen molar-refractivity contribution in [2.24, 2.45) is 5.10 Å². The molecule has 0 saturated carbocycles. The summed E-state index contributed by atoms with van der Waals surface area (Å²) >= 11 is 0. The van der Waals surface area contributed by atoms with Crippen molar-refractivity contribution < 1.29 is 9.84 Å². The molecule has 2 rings (SSSR count). The third-order valence-electron chi connectivity index (χ3n) is 3.59. The molecule has 0 aliphatic rings. The van der Waals surface area contributed by atoms with Gasteiger partial charge in [-0.25, -0.2) is 10.4 Å². The van der Waals surface area contributed by atoms with Crippen molar-refractivity contribution in [1.82, 2.24) is 9.97 Å². The molecule has 134 valence electrons. The van der Waals surface area contributed by atoms with Gasteiger partial charge >= 0.3 is 0 Å². The largest absolute Gasteiger partial charge is 0.494 e. The van der Waals surface area contributed by atoms with Gasteiger partial charge in [-0.1, -0.05) is 25.5 Å². The fraction of sp³-hybridized carbons (Fsp3) is 0.389. The molecular formula is C18H24N4O3. The number of ether oxygens (including phenoxy) is 1. The van der Waals surface area contributed by atoms with Gasteiger partial charge in [-0.2, -0.15) is 5.10 Å². The number of hydrogen-bond acceptors (Lipinski definition) is 6. The summed E-state index contributed by atoms with van der Waals surface area (Å²) in [6.45, 7) is 4.45. The van der Waals surface area contributed by atoms with Crippen LogP contribution in [-0.4, -0.2) is 34.5 Å². The molecule has 0 bridgehead atoms. The Morgan fingerprint density at radius 1 is 1.44 bits per heavy atom. The van der Waals surface area contributed by atoms with Gasteiger partial charge in [-0.15, -0.1) is 0 Å². The van der Waals surface area contributed by atoms with Crippen LogP contribution >= 0.6 is 0 Å². The third-order valence-corrected chi connectivity index (χ3v) is 3.59. The van der Waals surface area contributed by atoms with Crippen LogP contribution in [0.3, 0.4) is 0 Å². The number of aromatic amines is 1.